The van der Waals surface area contributed by atoms with E-state index in [0.29, 0.717) is 25.8 Å². The Morgan fingerprint density at radius 2 is 1.87 bits per heavy atom. The third-order valence-corrected chi connectivity index (χ3v) is 6.75. The molecule has 30 heavy (non-hydrogen) atoms. The molecule has 160 valence electrons. The Morgan fingerprint density at radius 1 is 1.13 bits per heavy atom. The van der Waals surface area contributed by atoms with Crippen LogP contribution in [0.1, 0.15) is 54.5 Å². The average Bonchev–Trinajstić information content (AvgIpc) is 3.18. The lowest BCUT2D eigenvalue weighted by Crippen LogP contribution is -2.44. The second-order valence-electron chi connectivity index (χ2n) is 8.70. The first kappa shape index (κ1) is 21.0. The quantitative estimate of drug-likeness (QED) is 0.797. The molecule has 0 aliphatic carbocycles. The molecule has 2 heterocycles. The van der Waals surface area contributed by atoms with Crippen LogP contribution in [0.4, 0.5) is 5.69 Å². The van der Waals surface area contributed by atoms with Crippen molar-refractivity contribution in [1.82, 2.24) is 4.90 Å². The predicted octanol–water partition coefficient (Wildman–Crippen LogP) is 3.31. The Bertz CT molecular complexity index is 918. The molecule has 2 N–H and O–H groups in total. The van der Waals surface area contributed by atoms with Crippen molar-refractivity contribution in [2.45, 2.75) is 51.2 Å². The van der Waals surface area contributed by atoms with Crippen LogP contribution < -0.4 is 4.90 Å². The van der Waals surface area contributed by atoms with Crippen molar-refractivity contribution >= 4 is 11.6 Å². The molecule has 5 nitrogen and oxygen atoms in total. The number of piperidine rings is 1. The monoisotopic (exact) mass is 408 g/mol. The Morgan fingerprint density at radius 3 is 2.57 bits per heavy atom. The molecule has 0 unspecified atom stereocenters. The van der Waals surface area contributed by atoms with Crippen LogP contribution in [0, 0.1) is 6.92 Å². The van der Waals surface area contributed by atoms with Crippen molar-refractivity contribution in [2.75, 3.05) is 31.1 Å². The number of anilines is 1. The first-order valence-corrected chi connectivity index (χ1v) is 11.0. The van der Waals surface area contributed by atoms with E-state index in [1.54, 1.807) is 0 Å². The van der Waals surface area contributed by atoms with Gasteiger partial charge in [0.1, 0.15) is 0 Å². The summed E-state index contributed by atoms with van der Waals surface area (Å²) in [7, 11) is 0. The summed E-state index contributed by atoms with van der Waals surface area (Å²) in [6, 6.07) is 14.0. The third-order valence-electron chi connectivity index (χ3n) is 6.75. The van der Waals surface area contributed by atoms with Gasteiger partial charge in [-0.2, -0.15) is 0 Å². The molecular weight excluding hydrogens is 376 g/mol. The molecule has 0 radical (unpaired) electrons. The van der Waals surface area contributed by atoms with E-state index in [1.165, 1.54) is 0 Å². The number of rotatable bonds is 5. The smallest absolute Gasteiger partial charge is 0.226 e. The number of likely N-dealkylation sites (tertiary alicyclic amines) is 1. The molecule has 1 atom stereocenters. The fourth-order valence-corrected chi connectivity index (χ4v) is 4.90. The van der Waals surface area contributed by atoms with Crippen LogP contribution in [0.3, 0.4) is 0 Å². The lowest BCUT2D eigenvalue weighted by molar-refractivity contribution is -0.118. The van der Waals surface area contributed by atoms with Gasteiger partial charge < -0.3 is 20.0 Å². The molecule has 2 aliphatic heterocycles. The van der Waals surface area contributed by atoms with E-state index in [1.807, 2.05) is 55.1 Å². The minimum Gasteiger partial charge on any atom is -0.387 e. The van der Waals surface area contributed by atoms with Crippen LogP contribution in [0.5, 0.6) is 0 Å². The summed E-state index contributed by atoms with van der Waals surface area (Å²) in [5.74, 6) is 0.150. The van der Waals surface area contributed by atoms with Crippen molar-refractivity contribution < 1.29 is 15.0 Å². The molecule has 5 heteroatoms. The van der Waals surface area contributed by atoms with Gasteiger partial charge in [0.15, 0.2) is 0 Å². The van der Waals surface area contributed by atoms with E-state index in [4.69, 9.17) is 0 Å². The van der Waals surface area contributed by atoms with Crippen LogP contribution in [0.25, 0.3) is 0 Å². The molecule has 1 saturated heterocycles. The topological polar surface area (TPSA) is 64.0 Å². The number of aliphatic hydroxyl groups is 2. The molecule has 2 aromatic carbocycles. The van der Waals surface area contributed by atoms with Gasteiger partial charge in [-0.15, -0.1) is 0 Å². The average molecular weight is 409 g/mol. The maximum absolute atomic E-state index is 12.1. The van der Waals surface area contributed by atoms with Gasteiger partial charge in [-0.25, -0.2) is 0 Å². The van der Waals surface area contributed by atoms with Gasteiger partial charge in [0.05, 0.1) is 11.7 Å². The number of carbonyl (C=O) groups excluding carboxylic acids is 1. The summed E-state index contributed by atoms with van der Waals surface area (Å²) in [5, 5.41) is 22.0. The third kappa shape index (κ3) is 4.02. The molecular formula is C25H32N2O3. The first-order valence-electron chi connectivity index (χ1n) is 11.0. The Kier molecular flexibility index (Phi) is 5.96. The SMILES string of the molecule is CCC(=O)N1CCc2cc([C@@H](O)CN3CCC(O)(c4ccccc4C)CC3)ccc21. The van der Waals surface area contributed by atoms with E-state index in [2.05, 4.69) is 11.0 Å². The van der Waals surface area contributed by atoms with Gasteiger partial charge >= 0.3 is 0 Å². The summed E-state index contributed by atoms with van der Waals surface area (Å²) in [6.07, 6.45) is 2.12. The van der Waals surface area contributed by atoms with E-state index < -0.39 is 11.7 Å². The number of fused-ring (bicyclic) bond motifs is 1. The van der Waals surface area contributed by atoms with Crippen LogP contribution in [-0.4, -0.2) is 47.2 Å². The van der Waals surface area contributed by atoms with Crippen molar-refractivity contribution in [1.29, 1.82) is 0 Å². The highest BCUT2D eigenvalue weighted by atomic mass is 16.3. The highest BCUT2D eigenvalue weighted by Gasteiger charge is 2.35. The molecule has 4 rings (SSSR count). The van der Waals surface area contributed by atoms with Crippen LogP contribution in [0.2, 0.25) is 0 Å². The number of amides is 1. The fraction of sp³-hybridized carbons (Fsp3) is 0.480. The van der Waals surface area contributed by atoms with Crippen molar-refractivity contribution in [3.05, 3.63) is 64.7 Å². The fourth-order valence-electron chi connectivity index (χ4n) is 4.90. The van der Waals surface area contributed by atoms with Gasteiger partial charge in [0.2, 0.25) is 5.91 Å². The maximum Gasteiger partial charge on any atom is 0.226 e. The number of aliphatic hydroxyl groups excluding tert-OH is 1. The number of hydrogen-bond donors (Lipinski definition) is 2. The maximum atomic E-state index is 12.1. The normalized spacial score (nSPS) is 19.5. The summed E-state index contributed by atoms with van der Waals surface area (Å²) >= 11 is 0. The molecule has 0 aromatic heterocycles. The summed E-state index contributed by atoms with van der Waals surface area (Å²) in [4.78, 5) is 16.2. The number of carbonyl (C=O) groups is 1. The second-order valence-corrected chi connectivity index (χ2v) is 8.70. The number of benzene rings is 2. The second kappa shape index (κ2) is 8.50. The van der Waals surface area contributed by atoms with Crippen LogP contribution >= 0.6 is 0 Å². The summed E-state index contributed by atoms with van der Waals surface area (Å²) in [5.41, 5.74) is 4.40. The first-order chi connectivity index (χ1) is 14.4. The Balaban J connectivity index is 1.38. The van der Waals surface area contributed by atoms with Crippen LogP contribution in [-0.2, 0) is 16.8 Å². The van der Waals surface area contributed by atoms with Crippen molar-refractivity contribution in [2.24, 2.45) is 0 Å². The molecule has 2 aromatic rings. The molecule has 0 saturated carbocycles. The van der Waals surface area contributed by atoms with Crippen molar-refractivity contribution in [3.63, 3.8) is 0 Å². The van der Waals surface area contributed by atoms with E-state index in [9.17, 15) is 15.0 Å². The summed E-state index contributed by atoms with van der Waals surface area (Å²) in [6.45, 7) is 6.73. The lowest BCUT2D eigenvalue weighted by Gasteiger charge is -2.40. The highest BCUT2D eigenvalue weighted by molar-refractivity contribution is 5.95. The van der Waals surface area contributed by atoms with Crippen LogP contribution in [0.15, 0.2) is 42.5 Å². The number of nitrogens with zero attached hydrogens (tertiary/aromatic N) is 2. The lowest BCUT2D eigenvalue weighted by atomic mass is 9.82. The van der Waals surface area contributed by atoms with Crippen molar-refractivity contribution in [3.8, 4) is 0 Å². The van der Waals surface area contributed by atoms with E-state index >= 15 is 0 Å². The molecule has 0 bridgehead atoms. The molecule has 1 amide bonds. The standard InChI is InChI=1S/C25H32N2O3/c1-3-24(29)27-13-10-19-16-20(8-9-22(19)27)23(28)17-26-14-11-25(30,12-15-26)21-7-5-4-6-18(21)2/h4-9,16,23,28,30H,3,10-15,17H2,1-2H3/t23-/m0/s1. The molecule has 1 fully saturated rings. The highest BCUT2D eigenvalue weighted by Crippen LogP contribution is 2.36. The zero-order chi connectivity index (χ0) is 21.3. The largest absolute Gasteiger partial charge is 0.387 e. The molecule has 0 spiro atoms. The van der Waals surface area contributed by atoms with Gasteiger partial charge in [0.25, 0.3) is 0 Å². The molecule has 2 aliphatic rings. The Labute approximate surface area is 178 Å². The minimum atomic E-state index is -0.782. The van der Waals surface area contributed by atoms with Gasteiger partial charge in [-0.05, 0) is 54.5 Å². The number of hydrogen-bond acceptors (Lipinski definition) is 4. The van der Waals surface area contributed by atoms with Gasteiger partial charge in [-0.3, -0.25) is 4.79 Å². The zero-order valence-electron chi connectivity index (χ0n) is 18.0. The van der Waals surface area contributed by atoms with E-state index in [-0.39, 0.29) is 5.91 Å². The van der Waals surface area contributed by atoms with Gasteiger partial charge in [0, 0.05) is 38.3 Å². The van der Waals surface area contributed by atoms with Gasteiger partial charge in [-0.1, -0.05) is 43.3 Å². The van der Waals surface area contributed by atoms with E-state index in [0.717, 1.165) is 54.0 Å². The zero-order valence-corrected chi connectivity index (χ0v) is 18.0. The Hall–Kier alpha value is -2.21. The summed E-state index contributed by atoms with van der Waals surface area (Å²) < 4.78 is 0. The minimum absolute atomic E-state index is 0.150. The number of aryl methyl sites for hydroxylation is 1. The predicted molar refractivity (Wildman–Crippen MR) is 118 cm³/mol. The number of β-amino-alcohol motifs (C(OH)–C–C–N with tert-alkyl or cyclic N) is 1.